The molecule has 1 heterocycles. The van der Waals surface area contributed by atoms with E-state index in [9.17, 15) is 22.4 Å². The fourth-order valence-corrected chi connectivity index (χ4v) is 5.30. The molecule has 0 radical (unpaired) electrons. The first-order valence-corrected chi connectivity index (χ1v) is 12.7. The molecule has 0 aliphatic rings. The molecule has 0 saturated carbocycles. The zero-order chi connectivity index (χ0) is 24.0. The van der Waals surface area contributed by atoms with Crippen LogP contribution in [0, 0.1) is 5.82 Å². The molecule has 6 nitrogen and oxygen atoms in total. The largest absolute Gasteiger partial charge is 0.344 e. The van der Waals surface area contributed by atoms with E-state index in [1.54, 1.807) is 12.1 Å². The van der Waals surface area contributed by atoms with E-state index in [4.69, 9.17) is 0 Å². The minimum Gasteiger partial charge on any atom is -0.344 e. The number of sulfonamides is 1. The summed E-state index contributed by atoms with van der Waals surface area (Å²) in [6, 6.07) is 15.1. The molecule has 1 aromatic heterocycles. The Morgan fingerprint density at radius 2 is 1.73 bits per heavy atom. The number of rotatable bonds is 10. The van der Waals surface area contributed by atoms with Crippen molar-refractivity contribution in [1.82, 2.24) is 9.62 Å². The summed E-state index contributed by atoms with van der Waals surface area (Å²) in [6.45, 7) is 1.57. The van der Waals surface area contributed by atoms with Gasteiger partial charge in [0.25, 0.3) is 0 Å². The van der Waals surface area contributed by atoms with Crippen molar-refractivity contribution in [2.45, 2.75) is 30.7 Å². The summed E-state index contributed by atoms with van der Waals surface area (Å²) in [7, 11) is -2.27. The third-order valence-corrected chi connectivity index (χ3v) is 7.99. The van der Waals surface area contributed by atoms with Crippen LogP contribution in [0.25, 0.3) is 0 Å². The number of nitrogens with zero attached hydrogens (tertiary/aromatic N) is 1. The molecule has 1 N–H and O–H groups in total. The molecule has 9 heteroatoms. The Labute approximate surface area is 197 Å². The molecule has 0 fully saturated rings. The Morgan fingerprint density at radius 1 is 1.06 bits per heavy atom. The molecule has 0 aliphatic heterocycles. The first kappa shape index (κ1) is 24.8. The SMILES string of the molecule is CC(=O)c1ccc(S(=O)(=O)N(C)CCCC(=O)NC(c2ccc(F)cc2)c2cccs2)cc1. The molecular formula is C24H25FN2O4S2. The monoisotopic (exact) mass is 488 g/mol. The standard InChI is InChI=1S/C24H25FN2O4S2/c1-17(28)18-9-13-21(14-10-18)33(30,31)27(2)15-3-6-23(29)26-24(22-5-4-16-32-22)19-7-11-20(25)12-8-19/h4-5,7-14,16,24H,3,6,15H2,1-2H3,(H,26,29). The van der Waals surface area contributed by atoms with Crippen LogP contribution >= 0.6 is 11.3 Å². The van der Waals surface area contributed by atoms with Crippen LogP contribution < -0.4 is 5.32 Å². The van der Waals surface area contributed by atoms with Crippen molar-refractivity contribution in [3.8, 4) is 0 Å². The van der Waals surface area contributed by atoms with Crippen molar-refractivity contribution in [2.24, 2.45) is 0 Å². The van der Waals surface area contributed by atoms with Gasteiger partial charge in [-0.25, -0.2) is 17.1 Å². The molecule has 2 aromatic carbocycles. The Kier molecular flexibility index (Phi) is 8.12. The summed E-state index contributed by atoms with van der Waals surface area (Å²) in [5.41, 5.74) is 1.20. The highest BCUT2D eigenvalue weighted by Gasteiger charge is 2.22. The van der Waals surface area contributed by atoms with Crippen LogP contribution in [0.3, 0.4) is 0 Å². The normalized spacial score (nSPS) is 12.5. The van der Waals surface area contributed by atoms with Crippen LogP contribution in [0.15, 0.2) is 70.9 Å². The molecule has 0 aliphatic carbocycles. The number of benzene rings is 2. The molecule has 174 valence electrons. The van der Waals surface area contributed by atoms with Crippen LogP contribution in [-0.2, 0) is 14.8 Å². The zero-order valence-corrected chi connectivity index (χ0v) is 20.0. The Hall–Kier alpha value is -2.88. The lowest BCUT2D eigenvalue weighted by atomic mass is 10.0. The van der Waals surface area contributed by atoms with Gasteiger partial charge in [0.15, 0.2) is 5.78 Å². The zero-order valence-electron chi connectivity index (χ0n) is 18.3. The number of Topliss-reactive ketones (excluding diaryl/α,β-unsaturated/α-hetero) is 1. The predicted molar refractivity (Wildman–Crippen MR) is 126 cm³/mol. The van der Waals surface area contributed by atoms with Crippen LogP contribution in [0.4, 0.5) is 4.39 Å². The predicted octanol–water partition coefficient (Wildman–Crippen LogP) is 4.40. The van der Waals surface area contributed by atoms with Crippen molar-refractivity contribution in [1.29, 1.82) is 0 Å². The molecule has 0 spiro atoms. The average molecular weight is 489 g/mol. The highest BCUT2D eigenvalue weighted by molar-refractivity contribution is 7.89. The second kappa shape index (κ2) is 10.8. The molecule has 1 amide bonds. The van der Waals surface area contributed by atoms with Crippen molar-refractivity contribution < 1.29 is 22.4 Å². The fraction of sp³-hybridized carbons (Fsp3) is 0.250. The number of hydrogen-bond acceptors (Lipinski definition) is 5. The van der Waals surface area contributed by atoms with Crippen molar-refractivity contribution >= 4 is 33.1 Å². The quantitative estimate of drug-likeness (QED) is 0.429. The number of ketones is 1. The van der Waals surface area contributed by atoms with Gasteiger partial charge in [0.05, 0.1) is 10.9 Å². The van der Waals surface area contributed by atoms with E-state index >= 15 is 0 Å². The summed E-state index contributed by atoms with van der Waals surface area (Å²) in [5.74, 6) is -0.718. The highest BCUT2D eigenvalue weighted by atomic mass is 32.2. The maximum atomic E-state index is 13.3. The smallest absolute Gasteiger partial charge is 0.242 e. The fourth-order valence-electron chi connectivity index (χ4n) is 3.29. The number of thiophene rings is 1. The Balaban J connectivity index is 1.59. The van der Waals surface area contributed by atoms with E-state index in [0.29, 0.717) is 12.0 Å². The van der Waals surface area contributed by atoms with Gasteiger partial charge in [0.1, 0.15) is 5.82 Å². The number of halogens is 1. The van der Waals surface area contributed by atoms with Gasteiger partial charge in [0, 0.05) is 30.5 Å². The first-order chi connectivity index (χ1) is 15.7. The maximum Gasteiger partial charge on any atom is 0.242 e. The van der Waals surface area contributed by atoms with Gasteiger partial charge >= 0.3 is 0 Å². The van der Waals surface area contributed by atoms with Gasteiger partial charge in [-0.1, -0.05) is 30.3 Å². The molecule has 3 rings (SSSR count). The number of hydrogen-bond donors (Lipinski definition) is 1. The lowest BCUT2D eigenvalue weighted by Gasteiger charge is -2.19. The number of carbonyl (C=O) groups excluding carboxylic acids is 2. The van der Waals surface area contributed by atoms with Gasteiger partial charge in [-0.2, -0.15) is 0 Å². The molecule has 1 unspecified atom stereocenters. The number of carbonyl (C=O) groups is 2. The minimum atomic E-state index is -3.73. The second-order valence-corrected chi connectivity index (χ2v) is 10.6. The van der Waals surface area contributed by atoms with Gasteiger partial charge < -0.3 is 5.32 Å². The van der Waals surface area contributed by atoms with Crippen molar-refractivity contribution in [2.75, 3.05) is 13.6 Å². The topological polar surface area (TPSA) is 83.6 Å². The lowest BCUT2D eigenvalue weighted by Crippen LogP contribution is -2.31. The molecule has 3 aromatic rings. The van der Waals surface area contributed by atoms with Gasteiger partial charge in [0.2, 0.25) is 15.9 Å². The van der Waals surface area contributed by atoms with Crippen LogP contribution in [0.1, 0.15) is 46.6 Å². The average Bonchev–Trinajstić information content (AvgIpc) is 3.33. The van der Waals surface area contributed by atoms with Crippen LogP contribution in [0.2, 0.25) is 0 Å². The maximum absolute atomic E-state index is 13.3. The number of nitrogens with one attached hydrogen (secondary N) is 1. The summed E-state index contributed by atoms with van der Waals surface area (Å²) in [4.78, 5) is 25.0. The van der Waals surface area contributed by atoms with E-state index in [2.05, 4.69) is 5.32 Å². The molecule has 1 atom stereocenters. The number of amides is 1. The van der Waals surface area contributed by atoms with E-state index in [1.165, 1.54) is 66.0 Å². The summed E-state index contributed by atoms with van der Waals surface area (Å²) in [5, 5.41) is 4.87. The first-order valence-electron chi connectivity index (χ1n) is 10.3. The van der Waals surface area contributed by atoms with Crippen LogP contribution in [-0.4, -0.2) is 38.0 Å². The van der Waals surface area contributed by atoms with Crippen molar-refractivity contribution in [3.05, 3.63) is 87.9 Å². The van der Waals surface area contributed by atoms with Crippen molar-refractivity contribution in [3.63, 3.8) is 0 Å². The highest BCUT2D eigenvalue weighted by Crippen LogP contribution is 2.26. The molecular weight excluding hydrogens is 463 g/mol. The Bertz CT molecular complexity index is 1190. The third-order valence-electron chi connectivity index (χ3n) is 5.18. The van der Waals surface area contributed by atoms with E-state index in [0.717, 1.165) is 10.4 Å². The second-order valence-electron chi connectivity index (χ2n) is 7.58. The van der Waals surface area contributed by atoms with Gasteiger partial charge in [-0.15, -0.1) is 11.3 Å². The van der Waals surface area contributed by atoms with E-state index in [-0.39, 0.29) is 35.4 Å². The van der Waals surface area contributed by atoms with Gasteiger partial charge in [-0.3, -0.25) is 9.59 Å². The van der Waals surface area contributed by atoms with E-state index in [1.807, 2.05) is 17.5 Å². The van der Waals surface area contributed by atoms with Crippen LogP contribution in [0.5, 0.6) is 0 Å². The summed E-state index contributed by atoms with van der Waals surface area (Å²) >= 11 is 1.49. The summed E-state index contributed by atoms with van der Waals surface area (Å²) < 4.78 is 40.0. The van der Waals surface area contributed by atoms with E-state index < -0.39 is 16.1 Å². The lowest BCUT2D eigenvalue weighted by molar-refractivity contribution is -0.121. The Morgan fingerprint density at radius 3 is 2.30 bits per heavy atom. The molecule has 0 bridgehead atoms. The third kappa shape index (κ3) is 6.34. The molecule has 0 saturated heterocycles. The molecule has 33 heavy (non-hydrogen) atoms. The minimum absolute atomic E-state index is 0.0912. The van der Waals surface area contributed by atoms with Gasteiger partial charge in [-0.05, 0) is 54.6 Å². The summed E-state index contributed by atoms with van der Waals surface area (Å²) in [6.07, 6.45) is 0.458.